The number of ether oxygens (including phenoxy) is 2. The van der Waals surface area contributed by atoms with Gasteiger partial charge in [0, 0.05) is 36.3 Å². The predicted octanol–water partition coefficient (Wildman–Crippen LogP) is 7.13. The minimum Gasteiger partial charge on any atom is -0.473 e. The van der Waals surface area contributed by atoms with E-state index in [1.54, 1.807) is 18.2 Å². The fourth-order valence-corrected chi connectivity index (χ4v) is 6.44. The third-order valence-corrected chi connectivity index (χ3v) is 9.11. The van der Waals surface area contributed by atoms with E-state index >= 15 is 0 Å². The molecular formula is C31H32ClFN4O3S. The predicted molar refractivity (Wildman–Crippen MR) is 159 cm³/mol. The second-order valence-electron chi connectivity index (χ2n) is 10.6. The third kappa shape index (κ3) is 6.32. The summed E-state index contributed by atoms with van der Waals surface area (Å²) in [4.78, 5) is 26.0. The molecule has 1 aliphatic heterocycles. The van der Waals surface area contributed by atoms with Crippen molar-refractivity contribution in [2.45, 2.75) is 52.3 Å². The molecule has 0 bridgehead atoms. The van der Waals surface area contributed by atoms with Crippen LogP contribution in [0.2, 0.25) is 5.02 Å². The number of aromatic nitrogens is 3. The molecule has 7 nitrogen and oxygen atoms in total. The Hall–Kier alpha value is -3.27. The van der Waals surface area contributed by atoms with Crippen molar-refractivity contribution in [1.29, 1.82) is 0 Å². The van der Waals surface area contributed by atoms with Crippen molar-refractivity contribution in [3.63, 3.8) is 0 Å². The maximum absolute atomic E-state index is 14.1. The molecule has 1 saturated carbocycles. The van der Waals surface area contributed by atoms with Crippen LogP contribution in [-0.2, 0) is 24.4 Å². The lowest BCUT2D eigenvalue weighted by atomic mass is 9.85. The molecule has 2 aliphatic rings. The van der Waals surface area contributed by atoms with Crippen molar-refractivity contribution in [3.8, 4) is 5.88 Å². The molecule has 0 unspecified atom stereocenters. The van der Waals surface area contributed by atoms with Crippen molar-refractivity contribution in [1.82, 2.24) is 19.4 Å². The van der Waals surface area contributed by atoms with E-state index in [1.165, 1.54) is 42.2 Å². The maximum Gasteiger partial charge on any atom is 0.348 e. The molecule has 0 atom stereocenters. The van der Waals surface area contributed by atoms with Gasteiger partial charge in [-0.2, -0.15) is 0 Å². The van der Waals surface area contributed by atoms with Crippen LogP contribution in [0.3, 0.4) is 0 Å². The van der Waals surface area contributed by atoms with Crippen molar-refractivity contribution in [3.05, 3.63) is 81.3 Å². The normalized spacial score (nSPS) is 16.0. The van der Waals surface area contributed by atoms with E-state index in [2.05, 4.69) is 20.5 Å². The van der Waals surface area contributed by atoms with E-state index in [4.69, 9.17) is 26.1 Å². The van der Waals surface area contributed by atoms with Crippen LogP contribution in [0.15, 0.2) is 48.5 Å². The van der Waals surface area contributed by atoms with Crippen LogP contribution in [0, 0.1) is 11.7 Å². The number of carbonyl (C=O) groups is 1. The van der Waals surface area contributed by atoms with Crippen LogP contribution in [0.4, 0.5) is 4.39 Å². The molecule has 0 N–H and O–H groups in total. The average molecular weight is 595 g/mol. The minimum atomic E-state index is -0.392. The summed E-state index contributed by atoms with van der Waals surface area (Å²) >= 11 is 7.33. The van der Waals surface area contributed by atoms with Crippen LogP contribution >= 0.6 is 22.9 Å². The summed E-state index contributed by atoms with van der Waals surface area (Å²) in [5.41, 5.74) is 3.35. The van der Waals surface area contributed by atoms with Gasteiger partial charge < -0.3 is 14.0 Å². The van der Waals surface area contributed by atoms with Crippen molar-refractivity contribution in [2.24, 2.45) is 5.92 Å². The highest BCUT2D eigenvalue weighted by atomic mass is 35.5. The molecular weight excluding hydrogens is 563 g/mol. The first-order chi connectivity index (χ1) is 20.0. The molecule has 1 aromatic carbocycles. The van der Waals surface area contributed by atoms with Crippen LogP contribution in [-0.4, -0.2) is 45.1 Å². The summed E-state index contributed by atoms with van der Waals surface area (Å²) in [6.07, 6.45) is 6.85. The lowest BCUT2D eigenvalue weighted by molar-refractivity contribution is 0.0532. The number of hydrogen-bond acceptors (Lipinski definition) is 7. The molecule has 4 aromatic rings. The standard InChI is InChI=1S/C31H32ClFN4O3S/c1-2-39-31(38)27-16-26-30(41-27)37(17-20-5-3-6-20)28(34-26)18-36-13-11-21(12-14-36)25-7-4-8-29(35-25)40-19-22-9-10-23(32)15-24(22)33/h4,7-11,15-16,20H,2-3,5-6,12-14,17-19H2,1H3. The lowest BCUT2D eigenvalue weighted by Gasteiger charge is -2.29. The number of rotatable bonds is 10. The Morgan fingerprint density at radius 2 is 2.07 bits per heavy atom. The highest BCUT2D eigenvalue weighted by Crippen LogP contribution is 2.34. The molecule has 0 radical (unpaired) electrons. The molecule has 41 heavy (non-hydrogen) atoms. The van der Waals surface area contributed by atoms with E-state index in [1.807, 2.05) is 25.1 Å². The number of carbonyl (C=O) groups excluding carboxylic acids is 1. The van der Waals surface area contributed by atoms with Gasteiger partial charge in [0.15, 0.2) is 0 Å². The number of benzene rings is 1. The average Bonchev–Trinajstić information content (AvgIpc) is 3.49. The fourth-order valence-electron chi connectivity index (χ4n) is 5.26. The third-order valence-electron chi connectivity index (χ3n) is 7.74. The Kier molecular flexibility index (Phi) is 8.37. The summed E-state index contributed by atoms with van der Waals surface area (Å²) in [6.45, 7) is 5.63. The number of fused-ring (bicyclic) bond motifs is 1. The zero-order valence-corrected chi connectivity index (χ0v) is 24.5. The molecule has 10 heteroatoms. The Bertz CT molecular complexity index is 1600. The molecule has 0 amide bonds. The fraction of sp³-hybridized carbons (Fsp3) is 0.387. The number of halogens is 2. The number of esters is 1. The largest absolute Gasteiger partial charge is 0.473 e. The molecule has 214 valence electrons. The number of imidazole rings is 1. The summed E-state index contributed by atoms with van der Waals surface area (Å²) < 4.78 is 27.5. The molecule has 0 spiro atoms. The molecule has 6 rings (SSSR count). The van der Waals surface area contributed by atoms with Crippen LogP contribution in [0.25, 0.3) is 15.9 Å². The summed E-state index contributed by atoms with van der Waals surface area (Å²) in [5, 5.41) is 0.356. The van der Waals surface area contributed by atoms with Gasteiger partial charge in [0.1, 0.15) is 33.5 Å². The highest BCUT2D eigenvalue weighted by molar-refractivity contribution is 7.20. The van der Waals surface area contributed by atoms with E-state index in [0.29, 0.717) is 33.9 Å². The molecule has 1 aliphatic carbocycles. The SMILES string of the molecule is CCOC(=O)c1cc2nc(CN3CC=C(c4cccc(OCc5ccc(Cl)cc5F)n4)CC3)n(CC3CCC3)c2s1. The second-order valence-corrected chi connectivity index (χ2v) is 12.0. The van der Waals surface area contributed by atoms with Gasteiger partial charge in [0.2, 0.25) is 5.88 Å². The van der Waals surface area contributed by atoms with Gasteiger partial charge in [-0.05, 0) is 61.9 Å². The zero-order valence-electron chi connectivity index (χ0n) is 22.9. The van der Waals surface area contributed by atoms with Gasteiger partial charge in [-0.15, -0.1) is 11.3 Å². The maximum atomic E-state index is 14.1. The Labute approximate surface area is 247 Å². The minimum absolute atomic E-state index is 0.0819. The van der Waals surface area contributed by atoms with Gasteiger partial charge in [-0.25, -0.2) is 19.2 Å². The van der Waals surface area contributed by atoms with Gasteiger partial charge in [-0.1, -0.05) is 36.2 Å². The van der Waals surface area contributed by atoms with Crippen LogP contribution in [0.5, 0.6) is 5.88 Å². The van der Waals surface area contributed by atoms with E-state index < -0.39 is 5.82 Å². The van der Waals surface area contributed by atoms with Crippen molar-refractivity contribution >= 4 is 44.8 Å². The molecule has 1 fully saturated rings. The zero-order chi connectivity index (χ0) is 28.3. The molecule has 0 saturated heterocycles. The van der Waals surface area contributed by atoms with Crippen molar-refractivity contribution < 1.29 is 18.7 Å². The smallest absolute Gasteiger partial charge is 0.348 e. The Morgan fingerprint density at radius 3 is 2.80 bits per heavy atom. The topological polar surface area (TPSA) is 69.5 Å². The van der Waals surface area contributed by atoms with Gasteiger partial charge >= 0.3 is 5.97 Å². The number of pyridine rings is 1. The van der Waals surface area contributed by atoms with Gasteiger partial charge in [-0.3, -0.25) is 4.90 Å². The Balaban J connectivity index is 1.13. The first-order valence-electron chi connectivity index (χ1n) is 14.1. The van der Waals surface area contributed by atoms with Gasteiger partial charge in [0.05, 0.1) is 18.8 Å². The number of thiophene rings is 1. The molecule has 4 heterocycles. The first kappa shape index (κ1) is 27.9. The second kappa shape index (κ2) is 12.3. The summed E-state index contributed by atoms with van der Waals surface area (Å²) in [6, 6.07) is 12.1. The van der Waals surface area contributed by atoms with E-state index in [9.17, 15) is 9.18 Å². The number of nitrogens with zero attached hydrogens (tertiary/aromatic N) is 4. The van der Waals surface area contributed by atoms with E-state index in [-0.39, 0.29) is 12.6 Å². The number of hydrogen-bond donors (Lipinski definition) is 0. The Morgan fingerprint density at radius 1 is 1.20 bits per heavy atom. The van der Waals surface area contributed by atoms with Crippen LogP contribution in [0.1, 0.15) is 59.4 Å². The quantitative estimate of drug-likeness (QED) is 0.182. The molecule has 3 aromatic heterocycles. The van der Waals surface area contributed by atoms with E-state index in [0.717, 1.165) is 54.5 Å². The van der Waals surface area contributed by atoms with Crippen molar-refractivity contribution in [2.75, 3.05) is 19.7 Å². The lowest BCUT2D eigenvalue weighted by Crippen LogP contribution is -2.30. The van der Waals surface area contributed by atoms with Gasteiger partial charge in [0.25, 0.3) is 0 Å². The van der Waals surface area contributed by atoms with Crippen LogP contribution < -0.4 is 4.74 Å². The highest BCUT2D eigenvalue weighted by Gasteiger charge is 2.25. The monoisotopic (exact) mass is 594 g/mol. The summed E-state index contributed by atoms with van der Waals surface area (Å²) in [7, 11) is 0. The summed E-state index contributed by atoms with van der Waals surface area (Å²) in [5.74, 6) is 1.51. The first-order valence-corrected chi connectivity index (χ1v) is 15.3.